The van der Waals surface area contributed by atoms with Crippen LogP contribution in [0.5, 0.6) is 0 Å². The second-order valence-electron chi connectivity index (χ2n) is 3.75. The second kappa shape index (κ2) is 11.1. The summed E-state index contributed by atoms with van der Waals surface area (Å²) in [7, 11) is -3.73. The molecule has 0 heterocycles. The molecule has 0 aromatic rings. The lowest BCUT2D eigenvalue weighted by atomic mass is 10.3. The van der Waals surface area contributed by atoms with Crippen LogP contribution in [-0.4, -0.2) is 13.2 Å². The number of hydrogen-bond acceptors (Lipinski definition) is 5. The first-order chi connectivity index (χ1) is 8.12. The molecular formula is C10H24NO5P. The van der Waals surface area contributed by atoms with E-state index in [-0.39, 0.29) is 0 Å². The fourth-order valence-corrected chi connectivity index (χ4v) is 1.52. The van der Waals surface area contributed by atoms with E-state index in [0.717, 1.165) is 38.5 Å². The van der Waals surface area contributed by atoms with Crippen molar-refractivity contribution in [2.75, 3.05) is 13.2 Å². The first-order valence-corrected chi connectivity index (χ1v) is 7.74. The Labute approximate surface area is 103 Å². The summed E-state index contributed by atoms with van der Waals surface area (Å²) in [5, 5.41) is 0. The van der Waals surface area contributed by atoms with E-state index in [9.17, 15) is 4.57 Å². The maximum atomic E-state index is 11.4. The van der Waals surface area contributed by atoms with Gasteiger partial charge in [0.1, 0.15) is 0 Å². The van der Waals surface area contributed by atoms with E-state index < -0.39 is 7.75 Å². The normalized spacial score (nSPS) is 11.9. The summed E-state index contributed by atoms with van der Waals surface area (Å²) >= 11 is 0. The summed E-state index contributed by atoms with van der Waals surface area (Å²) in [6.07, 6.45) is 5.84. The van der Waals surface area contributed by atoms with Crippen LogP contribution >= 0.6 is 7.75 Å². The Morgan fingerprint density at radius 2 is 1.29 bits per heavy atom. The standard InChI is InChI=1S/C10H24NO5P/c1-3-5-7-9-13-15-17(11,12)16-14-10-8-6-4-2/h3-10H2,1-2H3,(H2,11,12). The lowest BCUT2D eigenvalue weighted by Crippen LogP contribution is -2.07. The highest BCUT2D eigenvalue weighted by Gasteiger charge is 2.21. The molecule has 17 heavy (non-hydrogen) atoms. The van der Waals surface area contributed by atoms with Gasteiger partial charge in [-0.1, -0.05) is 39.5 Å². The minimum absolute atomic E-state index is 0.341. The maximum absolute atomic E-state index is 11.4. The van der Waals surface area contributed by atoms with Crippen LogP contribution in [0.2, 0.25) is 0 Å². The first kappa shape index (κ1) is 17.0. The Morgan fingerprint density at radius 3 is 1.65 bits per heavy atom. The molecule has 0 bridgehead atoms. The van der Waals surface area contributed by atoms with Crippen molar-refractivity contribution in [2.24, 2.45) is 5.50 Å². The molecule has 0 aromatic carbocycles. The van der Waals surface area contributed by atoms with Gasteiger partial charge >= 0.3 is 7.75 Å². The van der Waals surface area contributed by atoms with Crippen LogP contribution < -0.4 is 5.50 Å². The molecule has 0 spiro atoms. The molecule has 0 rings (SSSR count). The molecule has 0 aliphatic rings. The van der Waals surface area contributed by atoms with Gasteiger partial charge in [0.15, 0.2) is 0 Å². The number of nitrogens with two attached hydrogens (primary N) is 1. The van der Waals surface area contributed by atoms with Crippen molar-refractivity contribution < 1.29 is 23.7 Å². The average Bonchev–Trinajstić information content (AvgIpc) is 2.28. The van der Waals surface area contributed by atoms with Gasteiger partial charge in [0.25, 0.3) is 0 Å². The molecule has 0 radical (unpaired) electrons. The van der Waals surface area contributed by atoms with E-state index in [1.165, 1.54) is 0 Å². The van der Waals surface area contributed by atoms with Gasteiger partial charge in [0.05, 0.1) is 13.2 Å². The molecule has 2 N–H and O–H groups in total. The molecular weight excluding hydrogens is 245 g/mol. The molecule has 0 unspecified atom stereocenters. The minimum Gasteiger partial charge on any atom is -0.236 e. The van der Waals surface area contributed by atoms with Gasteiger partial charge in [-0.2, -0.15) is 0 Å². The average molecular weight is 269 g/mol. The van der Waals surface area contributed by atoms with E-state index >= 15 is 0 Å². The molecule has 7 heteroatoms. The summed E-state index contributed by atoms with van der Waals surface area (Å²) in [5.41, 5.74) is 5.21. The Morgan fingerprint density at radius 1 is 0.882 bits per heavy atom. The van der Waals surface area contributed by atoms with Crippen LogP contribution in [0.3, 0.4) is 0 Å². The third-order valence-corrected chi connectivity index (χ3v) is 2.60. The quantitative estimate of drug-likeness (QED) is 0.253. The van der Waals surface area contributed by atoms with Crippen LogP contribution in [0.1, 0.15) is 52.4 Å². The van der Waals surface area contributed by atoms with Crippen molar-refractivity contribution in [1.82, 2.24) is 0 Å². The molecule has 0 saturated heterocycles. The second-order valence-corrected chi connectivity index (χ2v) is 5.12. The topological polar surface area (TPSA) is 80.0 Å². The van der Waals surface area contributed by atoms with Gasteiger partial charge < -0.3 is 0 Å². The molecule has 6 nitrogen and oxygen atoms in total. The number of hydrogen-bond donors (Lipinski definition) is 1. The first-order valence-electron chi connectivity index (χ1n) is 6.13. The van der Waals surface area contributed by atoms with Gasteiger partial charge in [0, 0.05) is 0 Å². The summed E-state index contributed by atoms with van der Waals surface area (Å²) in [4.78, 5) is 9.37. The Kier molecular flexibility index (Phi) is 11.2. The summed E-state index contributed by atoms with van der Waals surface area (Å²) in [6.45, 7) is 4.83. The lowest BCUT2D eigenvalue weighted by Gasteiger charge is -2.11. The van der Waals surface area contributed by atoms with Crippen molar-refractivity contribution >= 4 is 7.75 Å². The van der Waals surface area contributed by atoms with Crippen molar-refractivity contribution in [3.05, 3.63) is 0 Å². The van der Waals surface area contributed by atoms with Gasteiger partial charge in [0.2, 0.25) is 0 Å². The zero-order chi connectivity index (χ0) is 13.0. The van der Waals surface area contributed by atoms with Crippen molar-refractivity contribution in [3.8, 4) is 0 Å². The van der Waals surface area contributed by atoms with Crippen LogP contribution in [-0.2, 0) is 23.7 Å². The molecule has 0 aliphatic heterocycles. The van der Waals surface area contributed by atoms with Gasteiger partial charge in [-0.25, -0.2) is 19.8 Å². The van der Waals surface area contributed by atoms with Crippen LogP contribution in [0.4, 0.5) is 0 Å². The largest absolute Gasteiger partial charge is 0.456 e. The summed E-state index contributed by atoms with van der Waals surface area (Å²) in [5.74, 6) is 0. The van der Waals surface area contributed by atoms with E-state index in [1.54, 1.807) is 0 Å². The van der Waals surface area contributed by atoms with E-state index in [0.29, 0.717) is 13.2 Å². The fourth-order valence-electron chi connectivity index (χ4n) is 1.06. The highest BCUT2D eigenvalue weighted by molar-refractivity contribution is 7.50. The van der Waals surface area contributed by atoms with Crippen molar-refractivity contribution in [3.63, 3.8) is 0 Å². The molecule has 104 valence electrons. The fraction of sp³-hybridized carbons (Fsp3) is 1.00. The van der Waals surface area contributed by atoms with Crippen LogP contribution in [0, 0.1) is 0 Å². The monoisotopic (exact) mass is 269 g/mol. The molecule has 0 atom stereocenters. The van der Waals surface area contributed by atoms with E-state index in [4.69, 9.17) is 5.50 Å². The molecule has 0 aliphatic carbocycles. The molecule has 0 amide bonds. The predicted octanol–water partition coefficient (Wildman–Crippen LogP) is 3.33. The lowest BCUT2D eigenvalue weighted by molar-refractivity contribution is -0.267. The SMILES string of the molecule is CCCCCOOP(N)(=O)OOCCCCC. The summed E-state index contributed by atoms with van der Waals surface area (Å²) < 4.78 is 20.3. The van der Waals surface area contributed by atoms with E-state index in [1.807, 2.05) is 0 Å². The number of rotatable bonds is 12. The third kappa shape index (κ3) is 12.3. The minimum atomic E-state index is -3.73. The molecule has 0 fully saturated rings. The van der Waals surface area contributed by atoms with Gasteiger partial charge in [-0.3, -0.25) is 0 Å². The predicted molar refractivity (Wildman–Crippen MR) is 64.9 cm³/mol. The zero-order valence-electron chi connectivity index (χ0n) is 10.7. The Hall–Kier alpha value is 0.0300. The van der Waals surface area contributed by atoms with E-state index in [2.05, 4.69) is 33.0 Å². The highest BCUT2D eigenvalue weighted by atomic mass is 31.2. The maximum Gasteiger partial charge on any atom is 0.456 e. The van der Waals surface area contributed by atoms with Crippen molar-refractivity contribution in [1.29, 1.82) is 0 Å². The van der Waals surface area contributed by atoms with Gasteiger partial charge in [-0.15, -0.1) is 9.35 Å². The van der Waals surface area contributed by atoms with Crippen LogP contribution in [0.15, 0.2) is 0 Å². The summed E-state index contributed by atoms with van der Waals surface area (Å²) in [6, 6.07) is 0. The highest BCUT2D eigenvalue weighted by Crippen LogP contribution is 2.39. The van der Waals surface area contributed by atoms with Gasteiger partial charge in [-0.05, 0) is 12.8 Å². The Bertz CT molecular complexity index is 197. The molecule has 0 aromatic heterocycles. The smallest absolute Gasteiger partial charge is 0.236 e. The van der Waals surface area contributed by atoms with Crippen molar-refractivity contribution in [2.45, 2.75) is 52.4 Å². The van der Waals surface area contributed by atoms with Crippen LogP contribution in [0.25, 0.3) is 0 Å². The molecule has 0 saturated carbocycles. The zero-order valence-corrected chi connectivity index (χ0v) is 11.6. The number of unbranched alkanes of at least 4 members (excludes halogenated alkanes) is 4. The third-order valence-electron chi connectivity index (χ3n) is 1.98. The Balaban J connectivity index is 3.42.